The second-order valence-corrected chi connectivity index (χ2v) is 6.18. The molecule has 1 saturated carbocycles. The van der Waals surface area contributed by atoms with Crippen molar-refractivity contribution in [2.24, 2.45) is 0 Å². The number of esters is 1. The topological polar surface area (TPSA) is 73.9 Å². The van der Waals surface area contributed by atoms with Gasteiger partial charge in [-0.1, -0.05) is 0 Å². The maximum absolute atomic E-state index is 11.6. The van der Waals surface area contributed by atoms with Gasteiger partial charge in [-0.3, -0.25) is 9.59 Å². The predicted octanol–water partition coefficient (Wildman–Crippen LogP) is 1.17. The van der Waals surface area contributed by atoms with E-state index in [0.717, 1.165) is 12.8 Å². The lowest BCUT2D eigenvalue weighted by Crippen LogP contribution is -2.72. The number of carbonyl (C=O) groups is 2. The third-order valence-electron chi connectivity index (χ3n) is 4.30. The minimum atomic E-state index is -0.943. The van der Waals surface area contributed by atoms with Crippen molar-refractivity contribution in [2.75, 3.05) is 6.61 Å². The van der Waals surface area contributed by atoms with E-state index in [2.05, 4.69) is 5.32 Å². The van der Waals surface area contributed by atoms with Crippen molar-refractivity contribution in [3.8, 4) is 0 Å². The van der Waals surface area contributed by atoms with Crippen LogP contribution in [0.1, 0.15) is 47.5 Å². The Morgan fingerprint density at radius 3 is 2.38 bits per heavy atom. The minimum Gasteiger partial charge on any atom is -0.454 e. The van der Waals surface area contributed by atoms with Crippen LogP contribution in [0.15, 0.2) is 0 Å². The molecule has 0 aromatic rings. The lowest BCUT2D eigenvalue weighted by atomic mass is 9.79. The lowest BCUT2D eigenvalue weighted by molar-refractivity contribution is -0.256. The van der Waals surface area contributed by atoms with Gasteiger partial charge in [-0.15, -0.1) is 0 Å². The molecule has 1 aliphatic carbocycles. The third kappa shape index (κ3) is 2.92. The van der Waals surface area contributed by atoms with E-state index in [-0.39, 0.29) is 24.1 Å². The van der Waals surface area contributed by atoms with Gasteiger partial charge in [-0.05, 0) is 33.6 Å². The number of ether oxygens (including phenoxy) is 3. The SMILES string of the molecule is CCO[C@H]1C2(CC2)O[C@@H](C)[C@H](NC(C)=O)C1(C)OC(C)=O. The van der Waals surface area contributed by atoms with Crippen molar-refractivity contribution in [3.05, 3.63) is 0 Å². The fraction of sp³-hybridized carbons (Fsp3) is 0.867. The van der Waals surface area contributed by atoms with Crippen LogP contribution in [-0.4, -0.2) is 47.9 Å². The molecule has 1 spiro atoms. The second kappa shape index (κ2) is 5.57. The molecule has 0 aromatic heterocycles. The van der Waals surface area contributed by atoms with Crippen molar-refractivity contribution < 1.29 is 23.8 Å². The third-order valence-corrected chi connectivity index (χ3v) is 4.30. The van der Waals surface area contributed by atoms with Gasteiger partial charge in [-0.25, -0.2) is 0 Å². The minimum absolute atomic E-state index is 0.184. The summed E-state index contributed by atoms with van der Waals surface area (Å²) in [5.74, 6) is -0.571. The summed E-state index contributed by atoms with van der Waals surface area (Å²) in [7, 11) is 0. The highest BCUT2D eigenvalue weighted by molar-refractivity contribution is 5.74. The Labute approximate surface area is 125 Å². The van der Waals surface area contributed by atoms with Crippen LogP contribution in [0.25, 0.3) is 0 Å². The molecule has 6 nitrogen and oxygen atoms in total. The number of nitrogens with one attached hydrogen (secondary N) is 1. The summed E-state index contributed by atoms with van der Waals surface area (Å²) < 4.78 is 17.6. The fourth-order valence-corrected chi connectivity index (χ4v) is 3.55. The smallest absolute Gasteiger partial charge is 0.303 e. The lowest BCUT2D eigenvalue weighted by Gasteiger charge is -2.52. The summed E-state index contributed by atoms with van der Waals surface area (Å²) >= 11 is 0. The monoisotopic (exact) mass is 299 g/mol. The molecule has 1 N–H and O–H groups in total. The van der Waals surface area contributed by atoms with E-state index in [1.807, 2.05) is 20.8 Å². The van der Waals surface area contributed by atoms with Crippen molar-refractivity contribution in [1.82, 2.24) is 5.32 Å². The summed E-state index contributed by atoms with van der Waals surface area (Å²) in [6.45, 7) is 8.93. The molecule has 120 valence electrons. The van der Waals surface area contributed by atoms with E-state index < -0.39 is 17.2 Å². The summed E-state index contributed by atoms with van der Waals surface area (Å²) in [4.78, 5) is 23.1. The standard InChI is InChI=1S/C15H25NO5/c1-6-19-13-14(5,21-11(4)18)12(16-10(3)17)9(2)20-15(13)7-8-15/h9,12-13H,6-8H2,1-5H3,(H,16,17)/t9-,12-,13+,14?/m0/s1. The first-order chi connectivity index (χ1) is 9.75. The van der Waals surface area contributed by atoms with Crippen LogP contribution >= 0.6 is 0 Å². The molecular formula is C15H25NO5. The van der Waals surface area contributed by atoms with Crippen LogP contribution in [0, 0.1) is 0 Å². The Balaban J connectivity index is 2.38. The van der Waals surface area contributed by atoms with E-state index in [0.29, 0.717) is 6.61 Å². The summed E-state index contributed by atoms with van der Waals surface area (Å²) in [5.41, 5.74) is -1.34. The molecule has 1 aliphatic heterocycles. The Hall–Kier alpha value is -1.14. The van der Waals surface area contributed by atoms with E-state index in [1.165, 1.54) is 13.8 Å². The Bertz CT molecular complexity index is 434. The Morgan fingerprint density at radius 1 is 1.33 bits per heavy atom. The van der Waals surface area contributed by atoms with E-state index in [1.54, 1.807) is 0 Å². The first-order valence-electron chi connectivity index (χ1n) is 7.51. The van der Waals surface area contributed by atoms with Gasteiger partial charge >= 0.3 is 5.97 Å². The van der Waals surface area contributed by atoms with E-state index in [4.69, 9.17) is 14.2 Å². The molecule has 2 rings (SSSR count). The summed E-state index contributed by atoms with van der Waals surface area (Å²) in [5, 5.41) is 2.86. The number of amides is 1. The number of hydrogen-bond donors (Lipinski definition) is 1. The van der Waals surface area contributed by atoms with Gasteiger partial charge in [0, 0.05) is 20.5 Å². The van der Waals surface area contributed by atoms with Gasteiger partial charge in [0.05, 0.1) is 17.7 Å². The van der Waals surface area contributed by atoms with Gasteiger partial charge in [0.25, 0.3) is 0 Å². The zero-order chi connectivity index (χ0) is 15.8. The van der Waals surface area contributed by atoms with Gasteiger partial charge < -0.3 is 19.5 Å². The summed E-state index contributed by atoms with van der Waals surface area (Å²) in [6.07, 6.45) is 1.13. The van der Waals surface area contributed by atoms with Crippen molar-refractivity contribution in [3.63, 3.8) is 0 Å². The average Bonchev–Trinajstić information content (AvgIpc) is 3.10. The van der Waals surface area contributed by atoms with Crippen LogP contribution in [0.5, 0.6) is 0 Å². The molecule has 2 fully saturated rings. The molecule has 6 heteroatoms. The van der Waals surface area contributed by atoms with Crippen molar-refractivity contribution in [1.29, 1.82) is 0 Å². The Kier molecular flexibility index (Phi) is 4.31. The highest BCUT2D eigenvalue weighted by atomic mass is 16.6. The van der Waals surface area contributed by atoms with Crippen LogP contribution in [-0.2, 0) is 23.8 Å². The average molecular weight is 299 g/mol. The predicted molar refractivity (Wildman–Crippen MR) is 75.7 cm³/mol. The quantitative estimate of drug-likeness (QED) is 0.789. The molecule has 1 amide bonds. The molecule has 1 heterocycles. The maximum Gasteiger partial charge on any atom is 0.303 e. The maximum atomic E-state index is 11.6. The van der Waals surface area contributed by atoms with Gasteiger partial charge in [0.15, 0.2) is 5.60 Å². The molecule has 0 bridgehead atoms. The molecular weight excluding hydrogens is 274 g/mol. The number of hydrogen-bond acceptors (Lipinski definition) is 5. The number of rotatable bonds is 4. The summed E-state index contributed by atoms with van der Waals surface area (Å²) in [6, 6.07) is -0.443. The molecule has 1 saturated heterocycles. The van der Waals surface area contributed by atoms with Crippen LogP contribution in [0.3, 0.4) is 0 Å². The van der Waals surface area contributed by atoms with E-state index in [9.17, 15) is 9.59 Å². The zero-order valence-corrected chi connectivity index (χ0v) is 13.4. The van der Waals surface area contributed by atoms with Crippen LogP contribution in [0.4, 0.5) is 0 Å². The molecule has 1 unspecified atom stereocenters. The van der Waals surface area contributed by atoms with Gasteiger partial charge in [-0.2, -0.15) is 0 Å². The highest BCUT2D eigenvalue weighted by Crippen LogP contribution is 2.53. The first kappa shape index (κ1) is 16.2. The van der Waals surface area contributed by atoms with Gasteiger partial charge in [0.2, 0.25) is 5.91 Å². The number of carbonyl (C=O) groups excluding carboxylic acids is 2. The zero-order valence-electron chi connectivity index (χ0n) is 13.4. The molecule has 0 radical (unpaired) electrons. The first-order valence-corrected chi connectivity index (χ1v) is 7.51. The largest absolute Gasteiger partial charge is 0.454 e. The molecule has 4 atom stereocenters. The second-order valence-electron chi connectivity index (χ2n) is 6.18. The normalized spacial score (nSPS) is 37.1. The highest BCUT2D eigenvalue weighted by Gasteiger charge is 2.67. The van der Waals surface area contributed by atoms with Crippen molar-refractivity contribution in [2.45, 2.75) is 76.9 Å². The molecule has 21 heavy (non-hydrogen) atoms. The van der Waals surface area contributed by atoms with Crippen LogP contribution in [0.2, 0.25) is 0 Å². The van der Waals surface area contributed by atoms with Crippen LogP contribution < -0.4 is 5.32 Å². The fourth-order valence-electron chi connectivity index (χ4n) is 3.55. The molecule has 2 aliphatic rings. The van der Waals surface area contributed by atoms with E-state index >= 15 is 0 Å². The molecule has 0 aromatic carbocycles. The van der Waals surface area contributed by atoms with Crippen molar-refractivity contribution >= 4 is 11.9 Å². The Morgan fingerprint density at radius 2 is 1.95 bits per heavy atom. The van der Waals surface area contributed by atoms with Gasteiger partial charge in [0.1, 0.15) is 6.10 Å².